The molecule has 3 aliphatic rings. The highest BCUT2D eigenvalue weighted by molar-refractivity contribution is 5.69. The number of hydrogen-bond donors (Lipinski definition) is 0. The van der Waals surface area contributed by atoms with Crippen molar-refractivity contribution in [2.75, 3.05) is 13.7 Å². The van der Waals surface area contributed by atoms with Gasteiger partial charge < -0.3 is 14.2 Å². The topological polar surface area (TPSA) is 61.8 Å². The predicted molar refractivity (Wildman–Crippen MR) is 109 cm³/mol. The van der Waals surface area contributed by atoms with Gasteiger partial charge >= 0.3 is 11.9 Å². The van der Waals surface area contributed by atoms with E-state index in [0.717, 1.165) is 32.1 Å². The van der Waals surface area contributed by atoms with Crippen molar-refractivity contribution in [1.82, 2.24) is 0 Å². The van der Waals surface area contributed by atoms with Crippen LogP contribution in [0.4, 0.5) is 0 Å². The Balaban J connectivity index is 1.66. The van der Waals surface area contributed by atoms with Crippen molar-refractivity contribution < 1.29 is 23.8 Å². The van der Waals surface area contributed by atoms with Crippen LogP contribution in [0.15, 0.2) is 18.2 Å². The first-order valence-corrected chi connectivity index (χ1v) is 10.8. The zero-order chi connectivity index (χ0) is 20.8. The van der Waals surface area contributed by atoms with Crippen molar-refractivity contribution in [1.29, 1.82) is 0 Å². The van der Waals surface area contributed by atoms with Crippen LogP contribution in [0, 0.1) is 17.3 Å². The number of rotatable bonds is 4. The molecule has 0 radical (unpaired) electrons. The Bertz CT molecular complexity index is 802. The van der Waals surface area contributed by atoms with E-state index < -0.39 is 0 Å². The number of carbonyl (C=O) groups is 2. The highest BCUT2D eigenvalue weighted by atomic mass is 16.5. The van der Waals surface area contributed by atoms with Gasteiger partial charge in [0.2, 0.25) is 0 Å². The minimum Gasteiger partial charge on any atom is -0.462 e. The SMILES string of the molecule is COC[C@@H]1C[C@@H]2[C@H](CC[C@]3(C)C(OC(C)=O)CC[C@@H]23)c2ccc(OC(C)=O)cc21. The lowest BCUT2D eigenvalue weighted by Crippen LogP contribution is -2.45. The minimum atomic E-state index is -0.294. The molecule has 0 heterocycles. The molecule has 0 aliphatic heterocycles. The molecule has 0 amide bonds. The molecule has 5 nitrogen and oxygen atoms in total. The molecule has 1 unspecified atom stereocenters. The normalized spacial score (nSPS) is 35.2. The van der Waals surface area contributed by atoms with Crippen LogP contribution in [0.25, 0.3) is 0 Å². The number of esters is 2. The summed E-state index contributed by atoms with van der Waals surface area (Å²) in [5.74, 6) is 2.10. The van der Waals surface area contributed by atoms with Gasteiger partial charge in [0.05, 0.1) is 6.61 Å². The molecule has 2 fully saturated rings. The van der Waals surface area contributed by atoms with Crippen molar-refractivity contribution in [2.24, 2.45) is 17.3 Å². The number of carbonyl (C=O) groups excluding carboxylic acids is 2. The van der Waals surface area contributed by atoms with Crippen molar-refractivity contribution >= 4 is 11.9 Å². The fourth-order valence-corrected chi connectivity index (χ4v) is 6.64. The van der Waals surface area contributed by atoms with Crippen LogP contribution in [0.5, 0.6) is 5.75 Å². The smallest absolute Gasteiger partial charge is 0.308 e. The van der Waals surface area contributed by atoms with E-state index in [2.05, 4.69) is 13.0 Å². The maximum atomic E-state index is 11.6. The van der Waals surface area contributed by atoms with Gasteiger partial charge in [-0.15, -0.1) is 0 Å². The Hall–Kier alpha value is -1.88. The van der Waals surface area contributed by atoms with E-state index in [1.165, 1.54) is 25.0 Å². The number of benzene rings is 1. The van der Waals surface area contributed by atoms with Crippen LogP contribution in [0.1, 0.15) is 75.8 Å². The van der Waals surface area contributed by atoms with E-state index in [1.54, 1.807) is 7.11 Å². The summed E-state index contributed by atoms with van der Waals surface area (Å²) in [5, 5.41) is 0. The van der Waals surface area contributed by atoms with Gasteiger partial charge in [-0.1, -0.05) is 13.0 Å². The fraction of sp³-hybridized carbons (Fsp3) is 0.667. The molecule has 0 aromatic heterocycles. The van der Waals surface area contributed by atoms with E-state index in [9.17, 15) is 9.59 Å². The van der Waals surface area contributed by atoms with Gasteiger partial charge in [-0.2, -0.15) is 0 Å². The molecule has 5 heteroatoms. The largest absolute Gasteiger partial charge is 0.462 e. The third-order valence-electron chi connectivity index (χ3n) is 7.74. The molecule has 0 N–H and O–H groups in total. The average Bonchev–Trinajstić information content (AvgIpc) is 2.98. The summed E-state index contributed by atoms with van der Waals surface area (Å²) < 4.78 is 16.7. The van der Waals surface area contributed by atoms with E-state index in [0.29, 0.717) is 36.0 Å². The number of hydrogen-bond acceptors (Lipinski definition) is 5. The number of ether oxygens (including phenoxy) is 3. The zero-order valence-electron chi connectivity index (χ0n) is 17.9. The van der Waals surface area contributed by atoms with Crippen molar-refractivity contribution in [3.63, 3.8) is 0 Å². The van der Waals surface area contributed by atoms with Gasteiger partial charge in [0.1, 0.15) is 11.9 Å². The summed E-state index contributed by atoms with van der Waals surface area (Å²) in [5.41, 5.74) is 2.72. The van der Waals surface area contributed by atoms with Crippen LogP contribution in [-0.2, 0) is 19.1 Å². The Morgan fingerprint density at radius 2 is 1.90 bits per heavy atom. The molecule has 0 saturated heterocycles. The summed E-state index contributed by atoms with van der Waals surface area (Å²) in [7, 11) is 1.75. The zero-order valence-corrected chi connectivity index (χ0v) is 17.9. The third kappa shape index (κ3) is 3.58. The standard InChI is InChI=1S/C24H32O5/c1-14(25)28-17-5-6-18-19-9-10-24(3)22(7-8-23(24)29-15(2)26)21(19)11-16(13-27-4)20(18)12-17/h5-6,12,16,19,21-23H,7-11,13H2,1-4H3/t16-,19+,21+,22-,23?,24-/m0/s1. The van der Waals surface area contributed by atoms with Crippen LogP contribution in [-0.4, -0.2) is 31.8 Å². The molecule has 1 aromatic rings. The quantitative estimate of drug-likeness (QED) is 0.547. The van der Waals surface area contributed by atoms with Gasteiger partial charge in [-0.25, -0.2) is 0 Å². The van der Waals surface area contributed by atoms with E-state index in [4.69, 9.17) is 14.2 Å². The van der Waals surface area contributed by atoms with Gasteiger partial charge in [-0.05, 0) is 73.1 Å². The highest BCUT2D eigenvalue weighted by Crippen LogP contribution is 2.63. The molecule has 1 aromatic carbocycles. The molecule has 3 aliphatic carbocycles. The van der Waals surface area contributed by atoms with Gasteiger partial charge in [0.15, 0.2) is 0 Å². The second-order valence-electron chi connectivity index (χ2n) is 9.37. The molecule has 4 rings (SSSR count). The molecule has 158 valence electrons. The first-order chi connectivity index (χ1) is 13.8. The third-order valence-corrected chi connectivity index (χ3v) is 7.74. The molecule has 0 bridgehead atoms. The lowest BCUT2D eigenvalue weighted by molar-refractivity contribution is -0.154. The van der Waals surface area contributed by atoms with E-state index >= 15 is 0 Å². The monoisotopic (exact) mass is 400 g/mol. The summed E-state index contributed by atoms with van der Waals surface area (Å²) in [6.07, 6.45) is 5.39. The Morgan fingerprint density at radius 1 is 1.10 bits per heavy atom. The van der Waals surface area contributed by atoms with Crippen LogP contribution in [0.3, 0.4) is 0 Å². The first kappa shape index (κ1) is 20.4. The maximum absolute atomic E-state index is 11.6. The Kier molecular flexibility index (Phi) is 5.45. The van der Waals surface area contributed by atoms with Crippen molar-refractivity contribution in [3.05, 3.63) is 29.3 Å². The average molecular weight is 401 g/mol. The van der Waals surface area contributed by atoms with E-state index in [1.807, 2.05) is 12.1 Å². The summed E-state index contributed by atoms with van der Waals surface area (Å²) in [6, 6.07) is 6.13. The first-order valence-electron chi connectivity index (χ1n) is 10.8. The molecular formula is C24H32O5. The Morgan fingerprint density at radius 3 is 2.59 bits per heavy atom. The summed E-state index contributed by atoms with van der Waals surface area (Å²) in [4.78, 5) is 23.0. The van der Waals surface area contributed by atoms with E-state index in [-0.39, 0.29) is 23.5 Å². The van der Waals surface area contributed by atoms with Crippen LogP contribution < -0.4 is 4.74 Å². The second-order valence-corrected chi connectivity index (χ2v) is 9.37. The van der Waals surface area contributed by atoms with Gasteiger partial charge in [0.25, 0.3) is 0 Å². The molecule has 2 saturated carbocycles. The number of fused-ring (bicyclic) bond motifs is 5. The van der Waals surface area contributed by atoms with Crippen molar-refractivity contribution in [3.8, 4) is 5.75 Å². The van der Waals surface area contributed by atoms with Gasteiger partial charge in [-0.3, -0.25) is 9.59 Å². The lowest BCUT2D eigenvalue weighted by Gasteiger charge is -2.51. The second kappa shape index (κ2) is 7.75. The minimum absolute atomic E-state index is 0.0413. The van der Waals surface area contributed by atoms with Crippen LogP contribution >= 0.6 is 0 Å². The highest BCUT2D eigenvalue weighted by Gasteiger charge is 2.56. The number of methoxy groups -OCH3 is 1. The van der Waals surface area contributed by atoms with Crippen LogP contribution in [0.2, 0.25) is 0 Å². The molecule has 29 heavy (non-hydrogen) atoms. The molecule has 0 spiro atoms. The summed E-state index contributed by atoms with van der Waals surface area (Å²) in [6.45, 7) is 5.95. The molecular weight excluding hydrogens is 368 g/mol. The lowest BCUT2D eigenvalue weighted by atomic mass is 9.54. The summed E-state index contributed by atoms with van der Waals surface area (Å²) >= 11 is 0. The Labute approximate surface area is 173 Å². The fourth-order valence-electron chi connectivity index (χ4n) is 6.64. The predicted octanol–water partition coefficient (Wildman–Crippen LogP) is 4.59. The van der Waals surface area contributed by atoms with Crippen molar-refractivity contribution in [2.45, 2.75) is 70.8 Å². The molecule has 6 atom stereocenters. The van der Waals surface area contributed by atoms with Gasteiger partial charge in [0, 0.05) is 32.3 Å². The maximum Gasteiger partial charge on any atom is 0.308 e.